The van der Waals surface area contributed by atoms with Crippen LogP contribution in [-0.2, 0) is 9.63 Å². The molecular weight excluding hydrogens is 432 g/mol. The molecule has 4 aliphatic carbocycles. The number of carbonyl (C=O) groups is 1. The number of hydrogen-bond donors (Lipinski definition) is 3. The smallest absolute Gasteiger partial charge is 0.159 e. The molecule has 0 amide bonds. The van der Waals surface area contributed by atoms with E-state index in [1.165, 1.54) is 12.8 Å². The Morgan fingerprint density at radius 1 is 1.15 bits per heavy atom. The summed E-state index contributed by atoms with van der Waals surface area (Å²) in [5.74, 6) is -0.151. The van der Waals surface area contributed by atoms with Crippen molar-refractivity contribution in [3.05, 3.63) is 11.6 Å². The van der Waals surface area contributed by atoms with Crippen LogP contribution in [0.25, 0.3) is 0 Å². The maximum Gasteiger partial charge on any atom is 0.159 e. The largest absolute Gasteiger partial charge is 0.394 e. The molecule has 4 fully saturated rings. The number of likely N-dealkylation sites (tertiary alicyclic amines) is 1. The summed E-state index contributed by atoms with van der Waals surface area (Å²) in [6.07, 6.45) is 6.39. The van der Waals surface area contributed by atoms with E-state index < -0.39 is 28.6 Å². The Morgan fingerprint density at radius 2 is 1.88 bits per heavy atom. The highest BCUT2D eigenvalue weighted by molar-refractivity contribution is 5.95. The van der Waals surface area contributed by atoms with Gasteiger partial charge in [-0.3, -0.25) is 9.69 Å². The molecule has 0 radical (unpaired) electrons. The van der Waals surface area contributed by atoms with Crippen LogP contribution in [0.5, 0.6) is 0 Å². The number of ketones is 1. The molecule has 3 saturated carbocycles. The van der Waals surface area contributed by atoms with Gasteiger partial charge in [-0.2, -0.15) is 0 Å². The van der Waals surface area contributed by atoms with Gasteiger partial charge in [-0.1, -0.05) is 19.0 Å². The lowest BCUT2D eigenvalue weighted by atomic mass is 9.46. The zero-order valence-electron chi connectivity index (χ0n) is 21.0. The lowest BCUT2D eigenvalue weighted by Gasteiger charge is -2.59. The molecule has 7 nitrogen and oxygen atoms in total. The van der Waals surface area contributed by atoms with Crippen molar-refractivity contribution in [2.45, 2.75) is 89.9 Å². The lowest BCUT2D eigenvalue weighted by Crippen LogP contribution is -2.60. The van der Waals surface area contributed by atoms with Crippen molar-refractivity contribution < 1.29 is 25.0 Å². The molecule has 5 rings (SSSR count). The molecule has 8 atom stereocenters. The van der Waals surface area contributed by atoms with E-state index in [1.807, 2.05) is 6.92 Å². The van der Waals surface area contributed by atoms with Crippen LogP contribution in [0.2, 0.25) is 0 Å². The molecule has 0 spiro atoms. The zero-order chi connectivity index (χ0) is 24.3. The van der Waals surface area contributed by atoms with Crippen molar-refractivity contribution in [2.24, 2.45) is 33.7 Å². The van der Waals surface area contributed by atoms with Crippen LogP contribution in [-0.4, -0.2) is 75.8 Å². The van der Waals surface area contributed by atoms with E-state index in [0.717, 1.165) is 50.2 Å². The minimum Gasteiger partial charge on any atom is -0.394 e. The molecule has 34 heavy (non-hydrogen) atoms. The molecule has 0 aromatic carbocycles. The predicted molar refractivity (Wildman–Crippen MR) is 129 cm³/mol. The van der Waals surface area contributed by atoms with Gasteiger partial charge in [-0.25, -0.2) is 0 Å². The fourth-order valence-corrected chi connectivity index (χ4v) is 8.43. The molecule has 1 aliphatic heterocycles. The number of aliphatic hydroxyl groups excluding tert-OH is 2. The highest BCUT2D eigenvalue weighted by Gasteiger charge is 2.66. The second-order valence-electron chi connectivity index (χ2n) is 12.2. The average Bonchev–Trinajstić information content (AvgIpc) is 3.39. The van der Waals surface area contributed by atoms with Crippen LogP contribution in [0.4, 0.5) is 0 Å². The first-order valence-corrected chi connectivity index (χ1v) is 13.3. The minimum atomic E-state index is -1.06. The second-order valence-corrected chi connectivity index (χ2v) is 12.2. The molecule has 1 saturated heterocycles. The normalized spacial score (nSPS) is 47.1. The number of carbonyl (C=O) groups excluding carboxylic acids is 1. The highest BCUT2D eigenvalue weighted by atomic mass is 16.6. The quantitative estimate of drug-likeness (QED) is 0.322. The van der Waals surface area contributed by atoms with Gasteiger partial charge in [0, 0.05) is 23.8 Å². The molecule has 0 aromatic rings. The summed E-state index contributed by atoms with van der Waals surface area (Å²) in [4.78, 5) is 21.4. The summed E-state index contributed by atoms with van der Waals surface area (Å²) in [6.45, 7) is 10.0. The number of allylic oxidation sites excluding steroid dienone is 1. The summed E-state index contributed by atoms with van der Waals surface area (Å²) in [6, 6.07) is 0. The molecule has 190 valence electrons. The Hall–Kier alpha value is -1.28. The van der Waals surface area contributed by atoms with Crippen molar-refractivity contribution in [3.8, 4) is 0 Å². The van der Waals surface area contributed by atoms with Crippen LogP contribution < -0.4 is 0 Å². The molecule has 0 aromatic heterocycles. The number of hydrogen-bond acceptors (Lipinski definition) is 7. The third-order valence-corrected chi connectivity index (χ3v) is 10.5. The number of fused-ring (bicyclic) bond motifs is 5. The summed E-state index contributed by atoms with van der Waals surface area (Å²) >= 11 is 0. The van der Waals surface area contributed by atoms with Crippen molar-refractivity contribution in [2.75, 3.05) is 26.2 Å². The summed E-state index contributed by atoms with van der Waals surface area (Å²) in [5, 5.41) is 37.4. The van der Waals surface area contributed by atoms with Gasteiger partial charge in [-0.15, -0.1) is 0 Å². The Kier molecular flexibility index (Phi) is 6.23. The van der Waals surface area contributed by atoms with E-state index in [1.54, 1.807) is 6.08 Å². The molecule has 5 aliphatic rings. The van der Waals surface area contributed by atoms with Crippen molar-refractivity contribution >= 4 is 11.5 Å². The SMILES string of the molecule is C/C(=N/OCCN1CCCC1)[C@H]1CC[C@@]2(O)C3=CC(=O)[C@@H]4C[C@@H](O)[C@@H](O)C[C@]4(C)C3CC[C@]12C. The molecule has 0 bridgehead atoms. The fraction of sp³-hybridized carbons (Fsp3) is 0.852. The standard InChI is InChI=1S/C27H42N2O5/c1-17(28-34-13-12-29-10-4-5-11-29)18-7-9-27(33)20-14-22(30)21-15-23(31)24(32)16-25(21,2)19(20)6-8-26(18,27)3/h14,18-19,21,23-24,31-33H,4-13,15-16H2,1-3H3/b28-17-/t18-,19?,21+,23-,24+,25-,26-,27-/m1/s1. The minimum absolute atomic E-state index is 0.00328. The topological polar surface area (TPSA) is 103 Å². The summed E-state index contributed by atoms with van der Waals surface area (Å²) < 4.78 is 0. The average molecular weight is 475 g/mol. The Labute approximate surface area is 203 Å². The molecular formula is C27H42N2O5. The number of oxime groups is 1. The number of rotatable bonds is 5. The van der Waals surface area contributed by atoms with Gasteiger partial charge in [0.15, 0.2) is 5.78 Å². The monoisotopic (exact) mass is 474 g/mol. The first-order chi connectivity index (χ1) is 16.1. The van der Waals surface area contributed by atoms with Crippen LogP contribution >= 0.6 is 0 Å². The van der Waals surface area contributed by atoms with Crippen molar-refractivity contribution in [1.82, 2.24) is 4.90 Å². The van der Waals surface area contributed by atoms with Crippen LogP contribution in [0.3, 0.4) is 0 Å². The van der Waals surface area contributed by atoms with Gasteiger partial charge >= 0.3 is 0 Å². The van der Waals surface area contributed by atoms with Crippen molar-refractivity contribution in [1.29, 1.82) is 0 Å². The van der Waals surface area contributed by atoms with E-state index >= 15 is 0 Å². The van der Waals surface area contributed by atoms with Gasteiger partial charge in [0.1, 0.15) is 6.61 Å². The lowest BCUT2D eigenvalue weighted by molar-refractivity contribution is -0.151. The zero-order valence-corrected chi connectivity index (χ0v) is 21.0. The van der Waals surface area contributed by atoms with Gasteiger partial charge in [0.05, 0.1) is 23.5 Å². The Morgan fingerprint density at radius 3 is 2.62 bits per heavy atom. The maximum atomic E-state index is 13.2. The van der Waals surface area contributed by atoms with E-state index in [0.29, 0.717) is 25.9 Å². The third kappa shape index (κ3) is 3.61. The van der Waals surface area contributed by atoms with E-state index in [2.05, 4.69) is 23.9 Å². The van der Waals surface area contributed by atoms with E-state index in [4.69, 9.17) is 4.84 Å². The number of nitrogens with zero attached hydrogens (tertiary/aromatic N) is 2. The van der Waals surface area contributed by atoms with Gasteiger partial charge in [-0.05, 0) is 94.4 Å². The van der Waals surface area contributed by atoms with Crippen LogP contribution in [0.1, 0.15) is 72.1 Å². The molecule has 1 heterocycles. The van der Waals surface area contributed by atoms with Gasteiger partial charge in [0.25, 0.3) is 0 Å². The Bertz CT molecular complexity index is 882. The van der Waals surface area contributed by atoms with E-state index in [-0.39, 0.29) is 23.5 Å². The first-order valence-electron chi connectivity index (χ1n) is 13.3. The molecule has 1 unspecified atom stereocenters. The fourth-order valence-electron chi connectivity index (χ4n) is 8.43. The summed E-state index contributed by atoms with van der Waals surface area (Å²) in [5.41, 5.74) is -0.105. The van der Waals surface area contributed by atoms with Gasteiger partial charge < -0.3 is 20.2 Å². The second kappa shape index (κ2) is 8.68. The highest BCUT2D eigenvalue weighted by Crippen LogP contribution is 2.67. The third-order valence-electron chi connectivity index (χ3n) is 10.5. The first kappa shape index (κ1) is 24.4. The number of aliphatic hydroxyl groups is 3. The molecule has 3 N–H and O–H groups in total. The van der Waals surface area contributed by atoms with Crippen LogP contribution in [0.15, 0.2) is 16.8 Å². The van der Waals surface area contributed by atoms with Crippen molar-refractivity contribution in [3.63, 3.8) is 0 Å². The predicted octanol–water partition coefficient (Wildman–Crippen LogP) is 2.68. The maximum absolute atomic E-state index is 13.2. The molecule has 7 heteroatoms. The Balaban J connectivity index is 1.36. The van der Waals surface area contributed by atoms with Crippen LogP contribution in [0, 0.1) is 28.6 Å². The van der Waals surface area contributed by atoms with E-state index in [9.17, 15) is 20.1 Å². The van der Waals surface area contributed by atoms with Gasteiger partial charge in [0.2, 0.25) is 0 Å². The summed E-state index contributed by atoms with van der Waals surface area (Å²) in [7, 11) is 0.